The molecular weight excluding hydrogens is 456 g/mol. The van der Waals surface area contributed by atoms with Crippen LogP contribution in [0.5, 0.6) is 11.5 Å². The molecule has 0 aliphatic rings. The first-order valence-electron chi connectivity index (χ1n) is 12.3. The monoisotopic (exact) mass is 492 g/mol. The predicted octanol–water partition coefficient (Wildman–Crippen LogP) is 6.87. The second-order valence-electron chi connectivity index (χ2n) is 8.70. The Morgan fingerprint density at radius 2 is 0.971 bits per heavy atom. The molecule has 0 spiro atoms. The van der Waals surface area contributed by atoms with Crippen LogP contribution in [-0.2, 0) is 13.1 Å². The highest BCUT2D eigenvalue weighted by Crippen LogP contribution is 2.28. The molecule has 0 unspecified atom stereocenters. The molecule has 0 saturated carbocycles. The molecule has 4 rings (SSSR count). The Kier molecular flexibility index (Phi) is 10.7. The van der Waals surface area contributed by atoms with Crippen LogP contribution in [0.4, 0.5) is 0 Å². The molecule has 0 saturated heterocycles. The van der Waals surface area contributed by atoms with E-state index in [9.17, 15) is 0 Å². The van der Waals surface area contributed by atoms with Crippen molar-refractivity contribution in [2.45, 2.75) is 38.8 Å². The molecule has 5 heteroatoms. The van der Waals surface area contributed by atoms with Crippen molar-refractivity contribution in [1.29, 1.82) is 0 Å². The van der Waals surface area contributed by atoms with Gasteiger partial charge in [-0.3, -0.25) is 0 Å². The first-order chi connectivity index (χ1) is 16.8. The van der Waals surface area contributed by atoms with E-state index in [1.54, 1.807) is 14.2 Å². The molecule has 4 aromatic carbocycles. The largest absolute Gasteiger partial charge is 0.496 e. The van der Waals surface area contributed by atoms with Crippen LogP contribution in [0, 0.1) is 0 Å². The van der Waals surface area contributed by atoms with Crippen molar-refractivity contribution >= 4 is 34.0 Å². The first kappa shape index (κ1) is 26.8. The molecule has 0 fully saturated rings. The van der Waals surface area contributed by atoms with Gasteiger partial charge < -0.3 is 20.1 Å². The number of nitrogens with one attached hydrogen (secondary N) is 2. The highest BCUT2D eigenvalue weighted by atomic mass is 35.5. The molecule has 35 heavy (non-hydrogen) atoms. The minimum atomic E-state index is 0. The molecule has 0 amide bonds. The molecule has 4 nitrogen and oxygen atoms in total. The Labute approximate surface area is 215 Å². The van der Waals surface area contributed by atoms with Gasteiger partial charge in [0.15, 0.2) is 0 Å². The minimum absolute atomic E-state index is 0. The van der Waals surface area contributed by atoms with Crippen LogP contribution in [0.1, 0.15) is 36.8 Å². The van der Waals surface area contributed by atoms with Gasteiger partial charge in [-0.25, -0.2) is 0 Å². The Hall–Kier alpha value is -2.79. The number of benzene rings is 4. The maximum atomic E-state index is 5.60. The maximum absolute atomic E-state index is 5.60. The summed E-state index contributed by atoms with van der Waals surface area (Å²) in [6.45, 7) is 3.71. The van der Waals surface area contributed by atoms with Crippen molar-refractivity contribution in [3.63, 3.8) is 0 Å². The molecule has 0 bridgehead atoms. The van der Waals surface area contributed by atoms with Crippen molar-refractivity contribution in [1.82, 2.24) is 10.6 Å². The van der Waals surface area contributed by atoms with Gasteiger partial charge in [0.1, 0.15) is 11.5 Å². The Morgan fingerprint density at radius 3 is 1.40 bits per heavy atom. The fraction of sp³-hybridized carbons (Fsp3) is 0.333. The Bertz CT molecular complexity index is 1120. The minimum Gasteiger partial charge on any atom is -0.496 e. The predicted molar refractivity (Wildman–Crippen MR) is 150 cm³/mol. The summed E-state index contributed by atoms with van der Waals surface area (Å²) in [7, 11) is 3.50. The van der Waals surface area contributed by atoms with Gasteiger partial charge in [0.25, 0.3) is 0 Å². The lowest BCUT2D eigenvalue weighted by Gasteiger charge is -2.13. The van der Waals surface area contributed by atoms with Gasteiger partial charge in [0.05, 0.1) is 14.2 Å². The first-order valence-corrected chi connectivity index (χ1v) is 12.3. The van der Waals surface area contributed by atoms with Gasteiger partial charge in [0, 0.05) is 24.2 Å². The molecule has 0 atom stereocenters. The fourth-order valence-corrected chi connectivity index (χ4v) is 4.66. The topological polar surface area (TPSA) is 42.5 Å². The number of rotatable bonds is 13. The summed E-state index contributed by atoms with van der Waals surface area (Å²) < 4.78 is 11.2. The standard InChI is InChI=1S/C30H36N2O2.ClH/c1-33-29-17-15-23-11-5-7-13-25(23)27(29)21-31-19-9-3-4-10-20-32-22-28-26-14-8-6-12-24(26)16-18-30(28)34-2;/h5-8,11-18,31-32H,3-4,9-10,19-22H2,1-2H3;1H. The molecule has 186 valence electrons. The molecule has 0 aliphatic heterocycles. The van der Waals surface area contributed by atoms with E-state index in [0.717, 1.165) is 37.7 Å². The van der Waals surface area contributed by atoms with Crippen LogP contribution in [0.15, 0.2) is 72.8 Å². The molecular formula is C30H37ClN2O2. The van der Waals surface area contributed by atoms with E-state index in [1.165, 1.54) is 58.4 Å². The van der Waals surface area contributed by atoms with E-state index < -0.39 is 0 Å². The van der Waals surface area contributed by atoms with Crippen molar-refractivity contribution in [3.05, 3.63) is 83.9 Å². The van der Waals surface area contributed by atoms with Crippen molar-refractivity contribution in [2.75, 3.05) is 27.3 Å². The lowest BCUT2D eigenvalue weighted by molar-refractivity contribution is 0.408. The van der Waals surface area contributed by atoms with Crippen LogP contribution >= 0.6 is 12.4 Å². The number of hydrogen-bond acceptors (Lipinski definition) is 4. The molecule has 4 aromatic rings. The van der Waals surface area contributed by atoms with E-state index in [-0.39, 0.29) is 12.4 Å². The number of unbranched alkanes of at least 4 members (excludes halogenated alkanes) is 3. The summed E-state index contributed by atoms with van der Waals surface area (Å²) in [5.74, 6) is 1.92. The van der Waals surface area contributed by atoms with Gasteiger partial charge >= 0.3 is 0 Å². The van der Waals surface area contributed by atoms with Crippen LogP contribution in [0.2, 0.25) is 0 Å². The quantitative estimate of drug-likeness (QED) is 0.200. The fourth-order valence-electron chi connectivity index (χ4n) is 4.66. The van der Waals surface area contributed by atoms with Crippen LogP contribution in [0.3, 0.4) is 0 Å². The van der Waals surface area contributed by atoms with E-state index in [0.29, 0.717) is 0 Å². The van der Waals surface area contributed by atoms with Gasteiger partial charge in [-0.05, 0) is 59.6 Å². The number of methoxy groups -OCH3 is 2. The average molecular weight is 493 g/mol. The van der Waals surface area contributed by atoms with E-state index in [2.05, 4.69) is 83.4 Å². The van der Waals surface area contributed by atoms with Crippen LogP contribution in [0.25, 0.3) is 21.5 Å². The maximum Gasteiger partial charge on any atom is 0.123 e. The summed E-state index contributed by atoms with van der Waals surface area (Å²) in [5.41, 5.74) is 2.49. The van der Waals surface area contributed by atoms with Crippen molar-refractivity contribution < 1.29 is 9.47 Å². The summed E-state index contributed by atoms with van der Waals surface area (Å²) >= 11 is 0. The molecule has 0 heterocycles. The number of ether oxygens (including phenoxy) is 2. The highest BCUT2D eigenvalue weighted by Gasteiger charge is 2.08. The summed E-state index contributed by atoms with van der Waals surface area (Å²) in [5, 5.41) is 12.3. The smallest absolute Gasteiger partial charge is 0.123 e. The second kappa shape index (κ2) is 13.9. The molecule has 2 N–H and O–H groups in total. The number of hydrogen-bond donors (Lipinski definition) is 2. The number of fused-ring (bicyclic) bond motifs is 2. The SMILES string of the molecule is COc1ccc2ccccc2c1CNCCCCCCNCc1c(OC)ccc2ccccc12.Cl. The van der Waals surface area contributed by atoms with Crippen LogP contribution < -0.4 is 20.1 Å². The van der Waals surface area contributed by atoms with Gasteiger partial charge in [-0.1, -0.05) is 73.5 Å². The third kappa shape index (κ3) is 6.88. The second-order valence-corrected chi connectivity index (χ2v) is 8.70. The van der Waals surface area contributed by atoms with Gasteiger partial charge in [-0.2, -0.15) is 0 Å². The average Bonchev–Trinajstić information content (AvgIpc) is 2.89. The molecule has 0 aromatic heterocycles. The van der Waals surface area contributed by atoms with Gasteiger partial charge in [0.2, 0.25) is 0 Å². The number of halogens is 1. The third-order valence-electron chi connectivity index (χ3n) is 6.50. The zero-order valence-corrected chi connectivity index (χ0v) is 21.6. The summed E-state index contributed by atoms with van der Waals surface area (Å²) in [4.78, 5) is 0. The van der Waals surface area contributed by atoms with Crippen LogP contribution in [-0.4, -0.2) is 27.3 Å². The van der Waals surface area contributed by atoms with E-state index in [4.69, 9.17) is 9.47 Å². The lowest BCUT2D eigenvalue weighted by Crippen LogP contribution is -2.17. The highest BCUT2D eigenvalue weighted by molar-refractivity contribution is 5.88. The molecule has 0 radical (unpaired) electrons. The van der Waals surface area contributed by atoms with Crippen molar-refractivity contribution in [3.8, 4) is 11.5 Å². The Morgan fingerprint density at radius 1 is 0.543 bits per heavy atom. The summed E-state index contributed by atoms with van der Waals surface area (Å²) in [6, 6.07) is 25.4. The Balaban J connectivity index is 0.00000342. The van der Waals surface area contributed by atoms with Gasteiger partial charge in [-0.15, -0.1) is 12.4 Å². The lowest BCUT2D eigenvalue weighted by atomic mass is 10.0. The van der Waals surface area contributed by atoms with E-state index >= 15 is 0 Å². The normalized spacial score (nSPS) is 10.9. The van der Waals surface area contributed by atoms with E-state index in [1.807, 2.05) is 0 Å². The zero-order chi connectivity index (χ0) is 23.6. The molecule has 0 aliphatic carbocycles. The third-order valence-corrected chi connectivity index (χ3v) is 6.50. The summed E-state index contributed by atoms with van der Waals surface area (Å²) in [6.07, 6.45) is 4.84. The van der Waals surface area contributed by atoms with Crippen molar-refractivity contribution in [2.24, 2.45) is 0 Å². The zero-order valence-electron chi connectivity index (χ0n) is 20.8.